The second kappa shape index (κ2) is 9.18. The molecule has 1 amide bonds. The summed E-state index contributed by atoms with van der Waals surface area (Å²) in [4.78, 5) is 13.1. The molecule has 30 heavy (non-hydrogen) atoms. The summed E-state index contributed by atoms with van der Waals surface area (Å²) in [5.74, 6) is 0.171. The van der Waals surface area contributed by atoms with Crippen molar-refractivity contribution in [3.8, 4) is 5.75 Å². The first-order valence-corrected chi connectivity index (χ1v) is 11.8. The number of piperidine rings is 1. The molecule has 0 spiro atoms. The van der Waals surface area contributed by atoms with Gasteiger partial charge in [0.05, 0.1) is 17.4 Å². The van der Waals surface area contributed by atoms with Crippen molar-refractivity contribution < 1.29 is 17.9 Å². The fourth-order valence-electron chi connectivity index (χ4n) is 3.74. The SMILES string of the molecule is CCOc1ccc(S(=O)(=O)N2CCC[C@H](C(=O)Nc3cccc(C)c3C)C2)cc1C. The van der Waals surface area contributed by atoms with Crippen molar-refractivity contribution in [3.63, 3.8) is 0 Å². The number of amides is 1. The summed E-state index contributed by atoms with van der Waals surface area (Å²) in [6, 6.07) is 10.7. The van der Waals surface area contributed by atoms with Crippen molar-refractivity contribution in [3.05, 3.63) is 53.1 Å². The molecule has 1 atom stereocenters. The number of hydrogen-bond donors (Lipinski definition) is 1. The average molecular weight is 431 g/mol. The maximum Gasteiger partial charge on any atom is 0.243 e. The van der Waals surface area contributed by atoms with Crippen molar-refractivity contribution in [1.29, 1.82) is 0 Å². The highest BCUT2D eigenvalue weighted by Gasteiger charge is 2.33. The lowest BCUT2D eigenvalue weighted by atomic mass is 9.98. The van der Waals surface area contributed by atoms with Crippen LogP contribution >= 0.6 is 0 Å². The molecule has 1 fully saturated rings. The van der Waals surface area contributed by atoms with Crippen molar-refractivity contribution in [1.82, 2.24) is 4.31 Å². The molecule has 7 heteroatoms. The summed E-state index contributed by atoms with van der Waals surface area (Å²) in [5.41, 5.74) is 3.68. The second-order valence-electron chi connectivity index (χ2n) is 7.80. The number of rotatable bonds is 6. The molecule has 1 aliphatic rings. The fourth-order valence-corrected chi connectivity index (χ4v) is 5.35. The third kappa shape index (κ3) is 4.68. The van der Waals surface area contributed by atoms with Crippen LogP contribution in [-0.4, -0.2) is 38.3 Å². The zero-order valence-corrected chi connectivity index (χ0v) is 18.9. The highest BCUT2D eigenvalue weighted by Crippen LogP contribution is 2.28. The minimum absolute atomic E-state index is 0.133. The number of ether oxygens (including phenoxy) is 1. The van der Waals surface area contributed by atoms with Gasteiger partial charge in [0.15, 0.2) is 0 Å². The maximum atomic E-state index is 13.2. The number of hydrogen-bond acceptors (Lipinski definition) is 4. The molecule has 0 unspecified atom stereocenters. The van der Waals surface area contributed by atoms with Crippen LogP contribution in [0.3, 0.4) is 0 Å². The summed E-state index contributed by atoms with van der Waals surface area (Å²) in [5, 5.41) is 2.99. The topological polar surface area (TPSA) is 75.7 Å². The number of nitrogens with one attached hydrogen (secondary N) is 1. The minimum Gasteiger partial charge on any atom is -0.494 e. The zero-order valence-electron chi connectivity index (χ0n) is 18.1. The van der Waals surface area contributed by atoms with Crippen LogP contribution in [-0.2, 0) is 14.8 Å². The Morgan fingerprint density at radius 3 is 2.63 bits per heavy atom. The van der Waals surface area contributed by atoms with Gasteiger partial charge in [-0.15, -0.1) is 0 Å². The van der Waals surface area contributed by atoms with E-state index in [2.05, 4.69) is 5.32 Å². The molecule has 0 aromatic heterocycles. The molecule has 6 nitrogen and oxygen atoms in total. The van der Waals surface area contributed by atoms with Gasteiger partial charge in [-0.2, -0.15) is 4.31 Å². The van der Waals surface area contributed by atoms with Crippen LogP contribution in [0.5, 0.6) is 5.75 Å². The third-order valence-electron chi connectivity index (χ3n) is 5.70. The number of sulfonamides is 1. The largest absolute Gasteiger partial charge is 0.494 e. The Bertz CT molecular complexity index is 1030. The van der Waals surface area contributed by atoms with E-state index in [0.717, 1.165) is 22.4 Å². The molecular formula is C23H30N2O4S. The summed E-state index contributed by atoms with van der Waals surface area (Å²) in [6.45, 7) is 8.82. The monoisotopic (exact) mass is 430 g/mol. The third-order valence-corrected chi connectivity index (χ3v) is 7.56. The van der Waals surface area contributed by atoms with Gasteiger partial charge in [0.2, 0.25) is 15.9 Å². The predicted molar refractivity (Wildman–Crippen MR) is 118 cm³/mol. The first kappa shape index (κ1) is 22.3. The van der Waals surface area contributed by atoms with Gasteiger partial charge in [0.25, 0.3) is 0 Å². The van der Waals surface area contributed by atoms with Gasteiger partial charge < -0.3 is 10.1 Å². The van der Waals surface area contributed by atoms with E-state index in [1.54, 1.807) is 18.2 Å². The van der Waals surface area contributed by atoms with E-state index in [4.69, 9.17) is 4.74 Å². The van der Waals surface area contributed by atoms with E-state index in [0.29, 0.717) is 31.7 Å². The molecule has 2 aromatic rings. The molecular weight excluding hydrogens is 400 g/mol. The van der Waals surface area contributed by atoms with Gasteiger partial charge in [0.1, 0.15) is 5.75 Å². The summed E-state index contributed by atoms with van der Waals surface area (Å²) in [6.07, 6.45) is 1.32. The van der Waals surface area contributed by atoms with E-state index >= 15 is 0 Å². The van der Waals surface area contributed by atoms with Gasteiger partial charge in [0, 0.05) is 18.8 Å². The zero-order chi connectivity index (χ0) is 21.9. The molecule has 1 N–H and O–H groups in total. The lowest BCUT2D eigenvalue weighted by molar-refractivity contribution is -0.120. The molecule has 0 saturated carbocycles. The number of aryl methyl sites for hydroxylation is 2. The predicted octanol–water partition coefficient (Wildman–Crippen LogP) is 4.05. The van der Waals surface area contributed by atoms with Crippen LogP contribution in [0.25, 0.3) is 0 Å². The molecule has 3 rings (SSSR count). The number of carbonyl (C=O) groups is 1. The van der Waals surface area contributed by atoms with Gasteiger partial charge in [-0.25, -0.2) is 8.42 Å². The van der Waals surface area contributed by atoms with Crippen LogP contribution in [0.2, 0.25) is 0 Å². The molecule has 0 radical (unpaired) electrons. The van der Waals surface area contributed by atoms with E-state index in [-0.39, 0.29) is 23.3 Å². The van der Waals surface area contributed by atoms with Crippen molar-refractivity contribution in [2.24, 2.45) is 5.92 Å². The second-order valence-corrected chi connectivity index (χ2v) is 9.74. The molecule has 162 valence electrons. The Hall–Kier alpha value is -2.38. The Balaban J connectivity index is 1.75. The van der Waals surface area contributed by atoms with Crippen molar-refractivity contribution in [2.45, 2.75) is 45.4 Å². The van der Waals surface area contributed by atoms with E-state index in [1.807, 2.05) is 45.9 Å². The van der Waals surface area contributed by atoms with E-state index < -0.39 is 10.0 Å². The van der Waals surface area contributed by atoms with Crippen LogP contribution in [0.15, 0.2) is 41.3 Å². The smallest absolute Gasteiger partial charge is 0.243 e. The Kier molecular flexibility index (Phi) is 6.83. The first-order valence-electron chi connectivity index (χ1n) is 10.3. The quantitative estimate of drug-likeness (QED) is 0.750. The minimum atomic E-state index is -3.67. The van der Waals surface area contributed by atoms with Gasteiger partial charge in [-0.3, -0.25) is 4.79 Å². The Morgan fingerprint density at radius 1 is 1.17 bits per heavy atom. The molecule has 0 aliphatic carbocycles. The van der Waals surface area contributed by atoms with Crippen molar-refractivity contribution in [2.75, 3.05) is 25.0 Å². The molecule has 2 aromatic carbocycles. The Labute approximate surface area is 179 Å². The lowest BCUT2D eigenvalue weighted by Gasteiger charge is -2.31. The van der Waals surface area contributed by atoms with Crippen LogP contribution in [0, 0.1) is 26.7 Å². The standard InChI is InChI=1S/C23H30N2O4S/c1-5-29-22-12-11-20(14-17(22)3)30(27,28)25-13-7-9-19(15-25)23(26)24-21-10-6-8-16(2)18(21)4/h6,8,10-12,14,19H,5,7,9,13,15H2,1-4H3,(H,24,26)/t19-/m0/s1. The van der Waals surface area contributed by atoms with Gasteiger partial charge in [-0.1, -0.05) is 12.1 Å². The highest BCUT2D eigenvalue weighted by atomic mass is 32.2. The van der Waals surface area contributed by atoms with Gasteiger partial charge in [-0.05, 0) is 81.5 Å². The molecule has 1 saturated heterocycles. The Morgan fingerprint density at radius 2 is 1.93 bits per heavy atom. The van der Waals surface area contributed by atoms with E-state index in [1.165, 1.54) is 4.31 Å². The summed E-state index contributed by atoms with van der Waals surface area (Å²) < 4.78 is 33.3. The van der Waals surface area contributed by atoms with Crippen LogP contribution in [0.4, 0.5) is 5.69 Å². The summed E-state index contributed by atoms with van der Waals surface area (Å²) in [7, 11) is -3.67. The number of benzene rings is 2. The lowest BCUT2D eigenvalue weighted by Crippen LogP contribution is -2.43. The maximum absolute atomic E-state index is 13.2. The molecule has 1 aliphatic heterocycles. The summed E-state index contributed by atoms with van der Waals surface area (Å²) >= 11 is 0. The number of anilines is 1. The molecule has 0 bridgehead atoms. The average Bonchev–Trinajstić information content (AvgIpc) is 2.73. The molecule has 1 heterocycles. The first-order chi connectivity index (χ1) is 14.2. The van der Waals surface area contributed by atoms with Crippen molar-refractivity contribution >= 4 is 21.6 Å². The normalized spacial score (nSPS) is 17.5. The highest BCUT2D eigenvalue weighted by molar-refractivity contribution is 7.89. The van der Waals surface area contributed by atoms with Crippen LogP contribution < -0.4 is 10.1 Å². The van der Waals surface area contributed by atoms with Crippen LogP contribution in [0.1, 0.15) is 36.5 Å². The fraction of sp³-hybridized carbons (Fsp3) is 0.435. The van der Waals surface area contributed by atoms with E-state index in [9.17, 15) is 13.2 Å². The number of carbonyl (C=O) groups excluding carboxylic acids is 1. The number of nitrogens with zero attached hydrogens (tertiary/aromatic N) is 1. The van der Waals surface area contributed by atoms with Gasteiger partial charge >= 0.3 is 0 Å².